The first kappa shape index (κ1) is 16.5. The van der Waals surface area contributed by atoms with Crippen molar-refractivity contribution in [1.29, 1.82) is 0 Å². The van der Waals surface area contributed by atoms with Gasteiger partial charge in [-0.15, -0.1) is 0 Å². The zero-order valence-electron chi connectivity index (χ0n) is 10.1. The Balaban J connectivity index is 2.47. The summed E-state index contributed by atoms with van der Waals surface area (Å²) in [5.41, 5.74) is -0.527. The molecule has 1 N–H and O–H groups in total. The van der Waals surface area contributed by atoms with Crippen molar-refractivity contribution >= 4 is 5.78 Å². The van der Waals surface area contributed by atoms with Gasteiger partial charge in [0.15, 0.2) is 5.78 Å². The van der Waals surface area contributed by atoms with Crippen LogP contribution in [-0.2, 0) is 17.4 Å². The summed E-state index contributed by atoms with van der Waals surface area (Å²) in [5, 5.41) is 1.93. The van der Waals surface area contributed by atoms with Crippen LogP contribution in [0.4, 0.5) is 26.3 Å². The number of ketones is 1. The van der Waals surface area contributed by atoms with Gasteiger partial charge in [-0.05, 0) is 17.7 Å². The molecule has 0 unspecified atom stereocenters. The van der Waals surface area contributed by atoms with Crippen LogP contribution in [0, 0.1) is 0 Å². The normalized spacial score (nSPS) is 12.5. The van der Waals surface area contributed by atoms with E-state index in [0.29, 0.717) is 5.56 Å². The molecule has 0 bridgehead atoms. The fourth-order valence-corrected chi connectivity index (χ4v) is 1.45. The Labute approximate surface area is 110 Å². The molecule has 112 valence electrons. The van der Waals surface area contributed by atoms with Gasteiger partial charge >= 0.3 is 12.4 Å². The molecule has 1 aromatic rings. The van der Waals surface area contributed by atoms with Crippen LogP contribution >= 0.6 is 0 Å². The third kappa shape index (κ3) is 6.05. The van der Waals surface area contributed by atoms with Gasteiger partial charge in [0, 0.05) is 6.42 Å². The minimum Gasteiger partial charge on any atom is -0.302 e. The fourth-order valence-electron chi connectivity index (χ4n) is 1.45. The van der Waals surface area contributed by atoms with Crippen LogP contribution in [0.5, 0.6) is 0 Å². The van der Waals surface area contributed by atoms with E-state index in [1.54, 1.807) is 0 Å². The highest BCUT2D eigenvalue weighted by Crippen LogP contribution is 2.29. The Kier molecular flexibility index (Phi) is 5.15. The molecule has 0 radical (unpaired) electrons. The van der Waals surface area contributed by atoms with Crippen molar-refractivity contribution in [2.24, 2.45) is 0 Å². The van der Waals surface area contributed by atoms with Gasteiger partial charge in [0.2, 0.25) is 0 Å². The predicted molar refractivity (Wildman–Crippen MR) is 59.1 cm³/mol. The molecular weight excluding hydrogens is 288 g/mol. The summed E-state index contributed by atoms with van der Waals surface area (Å²) >= 11 is 0. The summed E-state index contributed by atoms with van der Waals surface area (Å²) in [7, 11) is 0. The monoisotopic (exact) mass is 299 g/mol. The number of benzene rings is 1. The van der Waals surface area contributed by atoms with Gasteiger partial charge in [0.05, 0.1) is 18.7 Å². The zero-order valence-corrected chi connectivity index (χ0v) is 10.1. The van der Waals surface area contributed by atoms with Crippen molar-refractivity contribution in [1.82, 2.24) is 5.32 Å². The first-order chi connectivity index (χ1) is 9.08. The van der Waals surface area contributed by atoms with Gasteiger partial charge < -0.3 is 5.32 Å². The molecule has 1 aromatic carbocycles. The lowest BCUT2D eigenvalue weighted by atomic mass is 10.1. The number of nitrogens with one attached hydrogen (secondary N) is 1. The largest absolute Gasteiger partial charge is 0.416 e. The molecule has 8 heteroatoms. The topological polar surface area (TPSA) is 29.1 Å². The molecular formula is C12H11F6NO. The summed E-state index contributed by atoms with van der Waals surface area (Å²) in [6.07, 6.45) is -9.09. The van der Waals surface area contributed by atoms with Crippen LogP contribution < -0.4 is 5.32 Å². The number of alkyl halides is 6. The van der Waals surface area contributed by atoms with Gasteiger partial charge in [-0.25, -0.2) is 0 Å². The van der Waals surface area contributed by atoms with Crippen LogP contribution in [-0.4, -0.2) is 25.0 Å². The van der Waals surface area contributed by atoms with E-state index in [-0.39, 0.29) is 6.42 Å². The summed E-state index contributed by atoms with van der Waals surface area (Å²) in [4.78, 5) is 11.3. The highest BCUT2D eigenvalue weighted by Gasteiger charge is 2.30. The summed E-state index contributed by atoms with van der Waals surface area (Å²) in [5.74, 6) is -0.533. The van der Waals surface area contributed by atoms with Crippen molar-refractivity contribution in [3.05, 3.63) is 35.4 Å². The molecule has 20 heavy (non-hydrogen) atoms. The third-order valence-electron chi connectivity index (χ3n) is 2.33. The van der Waals surface area contributed by atoms with E-state index >= 15 is 0 Å². The molecule has 0 atom stereocenters. The van der Waals surface area contributed by atoms with Gasteiger partial charge in [0.25, 0.3) is 0 Å². The Morgan fingerprint density at radius 3 is 2.00 bits per heavy atom. The fraction of sp³-hybridized carbons (Fsp3) is 0.417. The molecule has 0 heterocycles. The minimum atomic E-state index is -4.46. The van der Waals surface area contributed by atoms with Crippen LogP contribution in [0.15, 0.2) is 24.3 Å². The number of hydrogen-bond donors (Lipinski definition) is 1. The van der Waals surface area contributed by atoms with Crippen LogP contribution in [0.1, 0.15) is 11.1 Å². The van der Waals surface area contributed by atoms with E-state index in [2.05, 4.69) is 0 Å². The van der Waals surface area contributed by atoms with Crippen LogP contribution in [0.2, 0.25) is 0 Å². The zero-order chi connectivity index (χ0) is 15.4. The molecule has 0 amide bonds. The standard InChI is InChI=1S/C12H11F6NO/c13-11(14,15)7-19-6-10(20)5-8-1-3-9(4-2-8)12(16,17)18/h1-4,19H,5-7H2. The molecule has 0 fully saturated rings. The summed E-state index contributed by atoms with van der Waals surface area (Å²) in [6.45, 7) is -1.77. The lowest BCUT2D eigenvalue weighted by Gasteiger charge is -2.09. The molecule has 0 spiro atoms. The number of carbonyl (C=O) groups is 1. The maximum atomic E-state index is 12.3. The molecule has 2 nitrogen and oxygen atoms in total. The van der Waals surface area contributed by atoms with E-state index in [1.165, 1.54) is 0 Å². The quantitative estimate of drug-likeness (QED) is 0.847. The number of Topliss-reactive ketones (excluding diaryl/α,β-unsaturated/α-hetero) is 1. The van der Waals surface area contributed by atoms with Gasteiger partial charge in [-0.1, -0.05) is 12.1 Å². The predicted octanol–water partition coefficient (Wildman–Crippen LogP) is 2.97. The first-order valence-corrected chi connectivity index (χ1v) is 5.53. The second-order valence-electron chi connectivity index (χ2n) is 4.13. The average molecular weight is 299 g/mol. The second-order valence-corrected chi connectivity index (χ2v) is 4.13. The summed E-state index contributed by atoms with van der Waals surface area (Å²) < 4.78 is 72.3. The highest BCUT2D eigenvalue weighted by molar-refractivity contribution is 5.82. The summed E-state index contributed by atoms with van der Waals surface area (Å²) in [6, 6.07) is 3.91. The molecule has 0 aliphatic rings. The van der Waals surface area contributed by atoms with Crippen LogP contribution in [0.3, 0.4) is 0 Å². The lowest BCUT2D eigenvalue weighted by molar-refractivity contribution is -0.137. The number of rotatable bonds is 5. The Hall–Kier alpha value is -1.57. The maximum Gasteiger partial charge on any atom is 0.416 e. The first-order valence-electron chi connectivity index (χ1n) is 5.53. The van der Waals surface area contributed by atoms with Crippen molar-refractivity contribution < 1.29 is 31.1 Å². The molecule has 0 aromatic heterocycles. The third-order valence-corrected chi connectivity index (χ3v) is 2.33. The van der Waals surface area contributed by atoms with E-state index in [9.17, 15) is 31.1 Å². The van der Waals surface area contributed by atoms with Crippen molar-refractivity contribution in [2.45, 2.75) is 18.8 Å². The molecule has 0 saturated carbocycles. The van der Waals surface area contributed by atoms with E-state index in [1.807, 2.05) is 5.32 Å². The Morgan fingerprint density at radius 2 is 1.55 bits per heavy atom. The van der Waals surface area contributed by atoms with E-state index in [4.69, 9.17) is 0 Å². The molecule has 0 saturated heterocycles. The minimum absolute atomic E-state index is 0.219. The molecule has 1 rings (SSSR count). The Bertz CT molecular complexity index is 449. The van der Waals surface area contributed by atoms with E-state index in [0.717, 1.165) is 24.3 Å². The van der Waals surface area contributed by atoms with Crippen molar-refractivity contribution in [3.63, 3.8) is 0 Å². The lowest BCUT2D eigenvalue weighted by Crippen LogP contribution is -2.33. The highest BCUT2D eigenvalue weighted by atomic mass is 19.4. The van der Waals surface area contributed by atoms with Gasteiger partial charge in [-0.2, -0.15) is 26.3 Å². The SMILES string of the molecule is O=C(CNCC(F)(F)F)Cc1ccc(C(F)(F)F)cc1. The van der Waals surface area contributed by atoms with Crippen molar-refractivity contribution in [3.8, 4) is 0 Å². The Morgan fingerprint density at radius 1 is 1.00 bits per heavy atom. The average Bonchev–Trinajstić information content (AvgIpc) is 2.26. The van der Waals surface area contributed by atoms with Crippen molar-refractivity contribution in [2.75, 3.05) is 13.1 Å². The molecule has 0 aliphatic carbocycles. The molecule has 0 aliphatic heterocycles. The number of carbonyl (C=O) groups excluding carboxylic acids is 1. The van der Waals surface area contributed by atoms with Gasteiger partial charge in [-0.3, -0.25) is 4.79 Å². The second kappa shape index (κ2) is 6.25. The van der Waals surface area contributed by atoms with E-state index < -0.39 is 36.8 Å². The van der Waals surface area contributed by atoms with Crippen LogP contribution in [0.25, 0.3) is 0 Å². The number of halogens is 6. The maximum absolute atomic E-state index is 12.3. The smallest absolute Gasteiger partial charge is 0.302 e. The number of hydrogen-bond acceptors (Lipinski definition) is 2. The van der Waals surface area contributed by atoms with Gasteiger partial charge in [0.1, 0.15) is 0 Å².